The van der Waals surface area contributed by atoms with E-state index in [2.05, 4.69) is 10.7 Å². The zero-order valence-electron chi connectivity index (χ0n) is 9.74. The third-order valence-corrected chi connectivity index (χ3v) is 4.90. The van der Waals surface area contributed by atoms with Crippen molar-refractivity contribution < 1.29 is 0 Å². The van der Waals surface area contributed by atoms with Crippen molar-refractivity contribution in [3.05, 3.63) is 16.1 Å². The minimum atomic E-state index is 0.558. The Balaban J connectivity index is 1.71. The van der Waals surface area contributed by atoms with Crippen molar-refractivity contribution in [2.24, 2.45) is 0 Å². The van der Waals surface area contributed by atoms with Crippen molar-refractivity contribution in [3.63, 3.8) is 0 Å². The van der Waals surface area contributed by atoms with Gasteiger partial charge in [-0.25, -0.2) is 4.98 Å². The first-order valence-electron chi connectivity index (χ1n) is 6.62. The predicted molar refractivity (Wildman–Crippen MR) is 67.9 cm³/mol. The lowest BCUT2D eigenvalue weighted by Gasteiger charge is -2.19. The molecule has 1 N–H and O–H groups in total. The number of hydrogen-bond acceptors (Lipinski definition) is 3. The van der Waals surface area contributed by atoms with Crippen molar-refractivity contribution in [3.8, 4) is 0 Å². The minimum absolute atomic E-state index is 0.558. The molecule has 1 aliphatic heterocycles. The van der Waals surface area contributed by atoms with Gasteiger partial charge in [0.2, 0.25) is 0 Å². The fourth-order valence-corrected chi connectivity index (χ4v) is 3.95. The van der Waals surface area contributed by atoms with Gasteiger partial charge in [-0.1, -0.05) is 19.3 Å². The molecule has 2 nitrogen and oxygen atoms in total. The number of nitrogens with one attached hydrogen (secondary N) is 1. The second kappa shape index (κ2) is 4.84. The quantitative estimate of drug-likeness (QED) is 0.848. The highest BCUT2D eigenvalue weighted by Crippen LogP contribution is 2.35. The van der Waals surface area contributed by atoms with E-state index in [9.17, 15) is 0 Å². The molecule has 1 aliphatic carbocycles. The molecule has 88 valence electrons. The maximum atomic E-state index is 4.87. The van der Waals surface area contributed by atoms with E-state index in [4.69, 9.17) is 4.98 Å². The van der Waals surface area contributed by atoms with Crippen LogP contribution in [0.15, 0.2) is 5.38 Å². The molecule has 3 heteroatoms. The smallest absolute Gasteiger partial charge is 0.110 e. The normalized spacial score (nSPS) is 27.4. The van der Waals surface area contributed by atoms with Crippen LogP contribution in [0.4, 0.5) is 0 Å². The zero-order valence-corrected chi connectivity index (χ0v) is 10.6. The third-order valence-electron chi connectivity index (χ3n) is 3.92. The number of hydrogen-bond donors (Lipinski definition) is 1. The van der Waals surface area contributed by atoms with E-state index in [1.165, 1.54) is 62.2 Å². The molecule has 1 unspecified atom stereocenters. The van der Waals surface area contributed by atoms with Gasteiger partial charge >= 0.3 is 0 Å². The fraction of sp³-hybridized carbons (Fsp3) is 0.769. The summed E-state index contributed by atoms with van der Waals surface area (Å²) >= 11 is 1.87. The van der Waals surface area contributed by atoms with E-state index in [1.54, 1.807) is 0 Å². The molecule has 1 atom stereocenters. The highest BCUT2D eigenvalue weighted by atomic mass is 32.1. The second-order valence-electron chi connectivity index (χ2n) is 5.09. The Labute approximate surface area is 101 Å². The van der Waals surface area contributed by atoms with Gasteiger partial charge in [0.15, 0.2) is 0 Å². The standard InChI is InChI=1S/C13H20N2S/c1-2-5-10(6-3-1)12-9-16-13(15-12)11-7-4-8-14-11/h9-11,14H,1-8H2. The molecule has 0 amide bonds. The lowest BCUT2D eigenvalue weighted by Crippen LogP contribution is -2.13. The lowest BCUT2D eigenvalue weighted by molar-refractivity contribution is 0.436. The Morgan fingerprint density at radius 1 is 1.12 bits per heavy atom. The first kappa shape index (κ1) is 10.7. The van der Waals surface area contributed by atoms with Crippen LogP contribution in [0.3, 0.4) is 0 Å². The van der Waals surface area contributed by atoms with Crippen LogP contribution in [0, 0.1) is 0 Å². The summed E-state index contributed by atoms with van der Waals surface area (Å²) in [5.74, 6) is 0.764. The van der Waals surface area contributed by atoms with Gasteiger partial charge in [-0.05, 0) is 32.2 Å². The number of rotatable bonds is 2. The summed E-state index contributed by atoms with van der Waals surface area (Å²) in [6.45, 7) is 1.17. The van der Waals surface area contributed by atoms with E-state index in [0.29, 0.717) is 6.04 Å². The molecule has 0 radical (unpaired) electrons. The van der Waals surface area contributed by atoms with Crippen LogP contribution in [0.1, 0.15) is 67.6 Å². The summed E-state index contributed by atoms with van der Waals surface area (Å²) in [6.07, 6.45) is 9.54. The minimum Gasteiger partial charge on any atom is -0.308 e. The van der Waals surface area contributed by atoms with Gasteiger partial charge in [0.25, 0.3) is 0 Å². The number of aromatic nitrogens is 1. The van der Waals surface area contributed by atoms with Crippen LogP contribution in [0.25, 0.3) is 0 Å². The van der Waals surface area contributed by atoms with Crippen LogP contribution in [-0.2, 0) is 0 Å². The molecule has 1 aromatic heterocycles. The van der Waals surface area contributed by atoms with Crippen LogP contribution >= 0.6 is 11.3 Å². The van der Waals surface area contributed by atoms with Crippen molar-refractivity contribution in [2.45, 2.75) is 56.9 Å². The van der Waals surface area contributed by atoms with Gasteiger partial charge in [0.1, 0.15) is 5.01 Å². The molecule has 3 rings (SSSR count). The summed E-state index contributed by atoms with van der Waals surface area (Å²) in [5.41, 5.74) is 1.38. The molecule has 0 spiro atoms. The van der Waals surface area contributed by atoms with Crippen molar-refractivity contribution in [1.29, 1.82) is 0 Å². The Morgan fingerprint density at radius 2 is 2.00 bits per heavy atom. The first-order chi connectivity index (χ1) is 7.93. The Morgan fingerprint density at radius 3 is 2.75 bits per heavy atom. The largest absolute Gasteiger partial charge is 0.308 e. The van der Waals surface area contributed by atoms with Gasteiger partial charge in [0, 0.05) is 11.3 Å². The molecule has 1 saturated carbocycles. The van der Waals surface area contributed by atoms with Gasteiger partial charge in [-0.3, -0.25) is 0 Å². The van der Waals surface area contributed by atoms with Crippen molar-refractivity contribution in [2.75, 3.05) is 6.54 Å². The highest BCUT2D eigenvalue weighted by Gasteiger charge is 2.22. The molecular weight excluding hydrogens is 216 g/mol. The summed E-state index contributed by atoms with van der Waals surface area (Å²) in [4.78, 5) is 4.87. The molecule has 2 fully saturated rings. The average molecular weight is 236 g/mol. The predicted octanol–water partition coefficient (Wildman–Crippen LogP) is 3.62. The number of nitrogens with zero attached hydrogens (tertiary/aromatic N) is 1. The van der Waals surface area contributed by atoms with E-state index in [0.717, 1.165) is 5.92 Å². The summed E-state index contributed by atoms with van der Waals surface area (Å²) in [5, 5.41) is 7.18. The monoisotopic (exact) mass is 236 g/mol. The highest BCUT2D eigenvalue weighted by molar-refractivity contribution is 7.09. The molecule has 2 heterocycles. The maximum absolute atomic E-state index is 4.87. The topological polar surface area (TPSA) is 24.9 Å². The van der Waals surface area contributed by atoms with E-state index < -0.39 is 0 Å². The SMILES string of the molecule is c1sc(C2CCCN2)nc1C1CCCCC1. The van der Waals surface area contributed by atoms with Crippen molar-refractivity contribution >= 4 is 11.3 Å². The van der Waals surface area contributed by atoms with Crippen LogP contribution < -0.4 is 5.32 Å². The fourth-order valence-electron chi connectivity index (χ4n) is 2.94. The molecule has 1 aromatic rings. The van der Waals surface area contributed by atoms with Gasteiger partial charge in [0.05, 0.1) is 11.7 Å². The molecule has 1 saturated heterocycles. The molecule has 16 heavy (non-hydrogen) atoms. The van der Waals surface area contributed by atoms with E-state index in [-0.39, 0.29) is 0 Å². The van der Waals surface area contributed by atoms with Gasteiger partial charge < -0.3 is 5.32 Å². The maximum Gasteiger partial charge on any atom is 0.110 e. The second-order valence-corrected chi connectivity index (χ2v) is 5.98. The number of thiazole rings is 1. The van der Waals surface area contributed by atoms with E-state index in [1.807, 2.05) is 11.3 Å². The molecule has 0 bridgehead atoms. The van der Waals surface area contributed by atoms with Gasteiger partial charge in [-0.2, -0.15) is 0 Å². The summed E-state index contributed by atoms with van der Waals surface area (Å²) < 4.78 is 0. The van der Waals surface area contributed by atoms with E-state index >= 15 is 0 Å². The zero-order chi connectivity index (χ0) is 10.8. The van der Waals surface area contributed by atoms with Crippen LogP contribution in [-0.4, -0.2) is 11.5 Å². The Bertz CT molecular complexity index is 335. The average Bonchev–Trinajstić information content (AvgIpc) is 3.01. The van der Waals surface area contributed by atoms with Gasteiger partial charge in [-0.15, -0.1) is 11.3 Å². The molecular formula is C13H20N2S. The third kappa shape index (κ3) is 2.16. The van der Waals surface area contributed by atoms with Crippen LogP contribution in [0.2, 0.25) is 0 Å². The van der Waals surface area contributed by atoms with Crippen LogP contribution in [0.5, 0.6) is 0 Å². The lowest BCUT2D eigenvalue weighted by atomic mass is 9.87. The molecule has 0 aromatic carbocycles. The summed E-state index contributed by atoms with van der Waals surface area (Å²) in [7, 11) is 0. The first-order valence-corrected chi connectivity index (χ1v) is 7.50. The van der Waals surface area contributed by atoms with Crippen molar-refractivity contribution in [1.82, 2.24) is 10.3 Å². The molecule has 2 aliphatic rings. The Hall–Kier alpha value is -0.410. The summed E-state index contributed by atoms with van der Waals surface area (Å²) in [6, 6.07) is 0.558. The Kier molecular flexibility index (Phi) is 3.25.